The molecule has 0 atom stereocenters. The summed E-state index contributed by atoms with van der Waals surface area (Å²) in [6.07, 6.45) is 6.19. The topological polar surface area (TPSA) is 59.3 Å². The van der Waals surface area contributed by atoms with E-state index in [2.05, 4.69) is 31.2 Å². The van der Waals surface area contributed by atoms with Crippen molar-refractivity contribution in [3.63, 3.8) is 0 Å². The Kier molecular flexibility index (Phi) is 3.19. The van der Waals surface area contributed by atoms with Crippen molar-refractivity contribution in [2.45, 2.75) is 0 Å². The second kappa shape index (κ2) is 5.01. The summed E-state index contributed by atoms with van der Waals surface area (Å²) in [5, 5.41) is 2.60. The van der Waals surface area contributed by atoms with Crippen LogP contribution in [0.3, 0.4) is 0 Å². The molecule has 7 heteroatoms. The number of aromatic nitrogens is 3. The number of nitrogens with one attached hydrogen (secondary N) is 1. The standard InChI is InChI=1S/C13H8BrFN4O/c14-8-5-10(12-16-3-4-19(12)7-8)13(20)18-11-2-1-9(15)6-17-11/h1-7H,(H,17,18,20). The molecule has 0 aromatic carbocycles. The molecule has 1 amide bonds. The second-order valence-corrected chi connectivity index (χ2v) is 4.96. The maximum absolute atomic E-state index is 12.8. The zero-order valence-corrected chi connectivity index (χ0v) is 11.6. The van der Waals surface area contributed by atoms with Gasteiger partial charge in [0.1, 0.15) is 17.3 Å². The van der Waals surface area contributed by atoms with Gasteiger partial charge in [-0.05, 0) is 34.1 Å². The number of carbonyl (C=O) groups excluding carboxylic acids is 1. The van der Waals surface area contributed by atoms with Gasteiger partial charge in [0.2, 0.25) is 0 Å². The fourth-order valence-electron chi connectivity index (χ4n) is 1.80. The lowest BCUT2D eigenvalue weighted by atomic mass is 10.2. The van der Waals surface area contributed by atoms with Gasteiger partial charge in [-0.3, -0.25) is 4.79 Å². The zero-order chi connectivity index (χ0) is 14.1. The number of anilines is 1. The number of hydrogen-bond acceptors (Lipinski definition) is 3. The molecule has 3 heterocycles. The van der Waals surface area contributed by atoms with Crippen LogP contribution in [0.4, 0.5) is 10.2 Å². The number of rotatable bonds is 2. The van der Waals surface area contributed by atoms with Crippen molar-refractivity contribution in [3.8, 4) is 0 Å². The average Bonchev–Trinajstić information content (AvgIpc) is 2.88. The molecule has 0 saturated carbocycles. The van der Waals surface area contributed by atoms with Crippen LogP contribution in [0, 0.1) is 5.82 Å². The van der Waals surface area contributed by atoms with Gasteiger partial charge in [-0.2, -0.15) is 0 Å². The van der Waals surface area contributed by atoms with Crippen LogP contribution < -0.4 is 5.32 Å². The van der Waals surface area contributed by atoms with E-state index in [1.807, 2.05) is 0 Å². The van der Waals surface area contributed by atoms with Crippen molar-refractivity contribution in [1.82, 2.24) is 14.4 Å². The van der Waals surface area contributed by atoms with Gasteiger partial charge in [-0.15, -0.1) is 0 Å². The molecule has 3 rings (SSSR count). The molecule has 3 aromatic heterocycles. The monoisotopic (exact) mass is 334 g/mol. The quantitative estimate of drug-likeness (QED) is 0.783. The molecule has 1 N–H and O–H groups in total. The largest absolute Gasteiger partial charge is 0.306 e. The van der Waals surface area contributed by atoms with Gasteiger partial charge >= 0.3 is 0 Å². The summed E-state index contributed by atoms with van der Waals surface area (Å²) < 4.78 is 15.3. The van der Waals surface area contributed by atoms with Gasteiger partial charge < -0.3 is 9.72 Å². The van der Waals surface area contributed by atoms with Crippen LogP contribution in [0.5, 0.6) is 0 Å². The van der Waals surface area contributed by atoms with E-state index < -0.39 is 5.82 Å². The van der Waals surface area contributed by atoms with Crippen molar-refractivity contribution in [3.05, 3.63) is 58.8 Å². The summed E-state index contributed by atoms with van der Waals surface area (Å²) in [4.78, 5) is 20.2. The first-order valence-corrected chi connectivity index (χ1v) is 6.48. The predicted molar refractivity (Wildman–Crippen MR) is 75.0 cm³/mol. The molecule has 0 radical (unpaired) electrons. The summed E-state index contributed by atoms with van der Waals surface area (Å²) in [6, 6.07) is 4.30. The van der Waals surface area contributed by atoms with Crippen LogP contribution >= 0.6 is 15.9 Å². The van der Waals surface area contributed by atoms with E-state index in [1.165, 1.54) is 12.1 Å². The van der Waals surface area contributed by atoms with E-state index in [-0.39, 0.29) is 11.7 Å². The van der Waals surface area contributed by atoms with Gasteiger partial charge in [-0.1, -0.05) is 0 Å². The van der Waals surface area contributed by atoms with Crippen molar-refractivity contribution >= 4 is 33.3 Å². The highest BCUT2D eigenvalue weighted by molar-refractivity contribution is 9.10. The Balaban J connectivity index is 1.96. The lowest BCUT2D eigenvalue weighted by molar-refractivity contribution is 0.102. The number of pyridine rings is 2. The Bertz CT molecular complexity index is 785. The number of nitrogens with zero attached hydrogens (tertiary/aromatic N) is 3. The van der Waals surface area contributed by atoms with Gasteiger partial charge in [0.25, 0.3) is 5.91 Å². The van der Waals surface area contributed by atoms with Crippen molar-refractivity contribution in [2.75, 3.05) is 5.32 Å². The van der Waals surface area contributed by atoms with Crippen LogP contribution in [0.25, 0.3) is 5.65 Å². The molecule has 0 bridgehead atoms. The maximum atomic E-state index is 12.8. The molecule has 20 heavy (non-hydrogen) atoms. The molecule has 0 unspecified atom stereocenters. The Morgan fingerprint density at radius 1 is 1.35 bits per heavy atom. The van der Waals surface area contributed by atoms with Crippen LogP contribution in [0.2, 0.25) is 0 Å². The van der Waals surface area contributed by atoms with Crippen LogP contribution in [-0.4, -0.2) is 20.3 Å². The third-order valence-electron chi connectivity index (χ3n) is 2.67. The highest BCUT2D eigenvalue weighted by Gasteiger charge is 2.13. The molecule has 0 aliphatic rings. The number of fused-ring (bicyclic) bond motifs is 1. The summed E-state index contributed by atoms with van der Waals surface area (Å²) >= 11 is 3.34. The van der Waals surface area contributed by atoms with Gasteiger partial charge in [0.15, 0.2) is 0 Å². The predicted octanol–water partition coefficient (Wildman–Crippen LogP) is 2.88. The van der Waals surface area contributed by atoms with Gasteiger partial charge in [0, 0.05) is 23.1 Å². The number of imidazole rings is 1. The first-order valence-electron chi connectivity index (χ1n) is 5.68. The molecule has 5 nitrogen and oxygen atoms in total. The van der Waals surface area contributed by atoms with E-state index in [9.17, 15) is 9.18 Å². The van der Waals surface area contributed by atoms with Crippen molar-refractivity contribution in [1.29, 1.82) is 0 Å². The number of hydrogen-bond donors (Lipinski definition) is 1. The maximum Gasteiger partial charge on any atom is 0.260 e. The Morgan fingerprint density at radius 2 is 2.20 bits per heavy atom. The molecule has 0 spiro atoms. The average molecular weight is 335 g/mol. The summed E-state index contributed by atoms with van der Waals surface area (Å²) in [5.74, 6) is -0.538. The van der Waals surface area contributed by atoms with Crippen LogP contribution in [-0.2, 0) is 0 Å². The molecule has 0 fully saturated rings. The highest BCUT2D eigenvalue weighted by atomic mass is 79.9. The Labute approximate surface area is 121 Å². The molecule has 3 aromatic rings. The van der Waals surface area contributed by atoms with E-state index in [0.29, 0.717) is 11.2 Å². The fourth-order valence-corrected chi connectivity index (χ4v) is 2.25. The van der Waals surface area contributed by atoms with E-state index in [4.69, 9.17) is 0 Å². The smallest absolute Gasteiger partial charge is 0.260 e. The first-order chi connectivity index (χ1) is 9.63. The molecule has 0 saturated heterocycles. The normalized spacial score (nSPS) is 10.7. The second-order valence-electron chi connectivity index (χ2n) is 4.05. The molecule has 100 valence electrons. The summed E-state index contributed by atoms with van der Waals surface area (Å²) in [7, 11) is 0. The van der Waals surface area contributed by atoms with E-state index in [1.54, 1.807) is 29.1 Å². The lowest BCUT2D eigenvalue weighted by Gasteiger charge is -2.06. The first kappa shape index (κ1) is 12.7. The SMILES string of the molecule is O=C(Nc1ccc(F)cn1)c1cc(Br)cn2ccnc12. The molecular formula is C13H8BrFN4O. The van der Waals surface area contributed by atoms with E-state index in [0.717, 1.165) is 10.7 Å². The fraction of sp³-hybridized carbons (Fsp3) is 0. The summed E-state index contributed by atoms with van der Waals surface area (Å²) in [6.45, 7) is 0. The van der Waals surface area contributed by atoms with Crippen molar-refractivity contribution < 1.29 is 9.18 Å². The molecule has 0 aliphatic carbocycles. The lowest BCUT2D eigenvalue weighted by Crippen LogP contribution is -2.14. The zero-order valence-electron chi connectivity index (χ0n) is 10.0. The Hall–Kier alpha value is -2.28. The third kappa shape index (κ3) is 2.39. The summed E-state index contributed by atoms with van der Waals surface area (Å²) in [5.41, 5.74) is 0.934. The highest BCUT2D eigenvalue weighted by Crippen LogP contribution is 2.18. The van der Waals surface area contributed by atoms with Gasteiger partial charge in [-0.25, -0.2) is 14.4 Å². The molecular weight excluding hydrogens is 327 g/mol. The Morgan fingerprint density at radius 3 is 2.95 bits per heavy atom. The van der Waals surface area contributed by atoms with E-state index >= 15 is 0 Å². The number of halogens is 2. The van der Waals surface area contributed by atoms with Crippen LogP contribution in [0.15, 0.2) is 47.5 Å². The minimum absolute atomic E-state index is 0.279. The third-order valence-corrected chi connectivity index (χ3v) is 3.10. The minimum atomic E-state index is -0.457. The molecule has 0 aliphatic heterocycles. The van der Waals surface area contributed by atoms with Gasteiger partial charge in [0.05, 0.1) is 11.8 Å². The minimum Gasteiger partial charge on any atom is -0.306 e. The number of carbonyl (C=O) groups is 1. The van der Waals surface area contributed by atoms with Crippen LogP contribution in [0.1, 0.15) is 10.4 Å². The van der Waals surface area contributed by atoms with Crippen molar-refractivity contribution in [2.24, 2.45) is 0 Å². The number of amides is 1.